The van der Waals surface area contributed by atoms with Gasteiger partial charge in [0.05, 0.1) is 0 Å². The summed E-state index contributed by atoms with van der Waals surface area (Å²) < 4.78 is 0. The minimum Gasteiger partial charge on any atom is -0.369 e. The number of primary amides is 1. The van der Waals surface area contributed by atoms with Gasteiger partial charge in [0.2, 0.25) is 5.91 Å². The van der Waals surface area contributed by atoms with Crippen molar-refractivity contribution >= 4 is 5.91 Å². The fourth-order valence-corrected chi connectivity index (χ4v) is 2.17. The molecule has 0 aromatic carbocycles. The molecular formula is C10H20N2O. The smallest absolute Gasteiger partial charge is 0.220 e. The SMILES string of the molecule is CC(CC1(N)CCCCC1)C(N)=O. The van der Waals surface area contributed by atoms with Gasteiger partial charge in [-0.05, 0) is 19.3 Å². The Hall–Kier alpha value is -0.570. The van der Waals surface area contributed by atoms with Crippen LogP contribution >= 0.6 is 0 Å². The molecule has 1 amide bonds. The molecule has 0 saturated heterocycles. The van der Waals surface area contributed by atoms with E-state index in [1.807, 2.05) is 6.92 Å². The fourth-order valence-electron chi connectivity index (χ4n) is 2.17. The van der Waals surface area contributed by atoms with Crippen molar-refractivity contribution in [2.24, 2.45) is 17.4 Å². The van der Waals surface area contributed by atoms with Gasteiger partial charge in [-0.1, -0.05) is 26.2 Å². The van der Waals surface area contributed by atoms with Crippen LogP contribution in [0.2, 0.25) is 0 Å². The van der Waals surface area contributed by atoms with Crippen molar-refractivity contribution < 1.29 is 4.79 Å². The number of nitrogens with two attached hydrogens (primary N) is 2. The molecule has 1 fully saturated rings. The molecule has 1 atom stereocenters. The third-order valence-corrected chi connectivity index (χ3v) is 3.05. The maximum atomic E-state index is 10.9. The fraction of sp³-hybridized carbons (Fsp3) is 0.900. The van der Waals surface area contributed by atoms with E-state index < -0.39 is 0 Å². The summed E-state index contributed by atoms with van der Waals surface area (Å²) in [4.78, 5) is 10.9. The second kappa shape index (κ2) is 4.09. The number of carbonyl (C=O) groups is 1. The van der Waals surface area contributed by atoms with Crippen LogP contribution in [-0.2, 0) is 4.79 Å². The minimum absolute atomic E-state index is 0.0805. The number of hydrogen-bond donors (Lipinski definition) is 2. The first kappa shape index (κ1) is 10.5. The summed E-state index contributed by atoms with van der Waals surface area (Å²) in [5, 5.41) is 0. The molecule has 0 radical (unpaired) electrons. The largest absolute Gasteiger partial charge is 0.369 e. The highest BCUT2D eigenvalue weighted by molar-refractivity contribution is 5.76. The molecule has 0 aromatic heterocycles. The Morgan fingerprint density at radius 2 is 1.92 bits per heavy atom. The van der Waals surface area contributed by atoms with Gasteiger partial charge >= 0.3 is 0 Å². The molecule has 1 aliphatic carbocycles. The number of carbonyl (C=O) groups excluding carboxylic acids is 1. The van der Waals surface area contributed by atoms with E-state index >= 15 is 0 Å². The van der Waals surface area contributed by atoms with Gasteiger partial charge in [-0.3, -0.25) is 4.79 Å². The quantitative estimate of drug-likeness (QED) is 0.691. The summed E-state index contributed by atoms with van der Waals surface area (Å²) in [5.74, 6) is -0.307. The van der Waals surface area contributed by atoms with Crippen molar-refractivity contribution in [2.75, 3.05) is 0 Å². The highest BCUT2D eigenvalue weighted by atomic mass is 16.1. The zero-order valence-corrected chi connectivity index (χ0v) is 8.38. The summed E-state index contributed by atoms with van der Waals surface area (Å²) in [7, 11) is 0. The van der Waals surface area contributed by atoms with Gasteiger partial charge in [0.15, 0.2) is 0 Å². The topological polar surface area (TPSA) is 69.1 Å². The molecule has 13 heavy (non-hydrogen) atoms. The predicted octanol–water partition coefficient (Wildman–Crippen LogP) is 1.16. The van der Waals surface area contributed by atoms with Crippen LogP contribution in [-0.4, -0.2) is 11.4 Å². The van der Waals surface area contributed by atoms with E-state index in [1.54, 1.807) is 0 Å². The van der Waals surface area contributed by atoms with Gasteiger partial charge in [0.25, 0.3) is 0 Å². The van der Waals surface area contributed by atoms with Crippen LogP contribution in [0.5, 0.6) is 0 Å². The maximum absolute atomic E-state index is 10.9. The molecule has 0 bridgehead atoms. The van der Waals surface area contributed by atoms with Gasteiger partial charge in [0, 0.05) is 11.5 Å². The predicted molar refractivity (Wildman–Crippen MR) is 53.0 cm³/mol. The van der Waals surface area contributed by atoms with Gasteiger partial charge in [0.1, 0.15) is 0 Å². The molecule has 1 rings (SSSR count). The average Bonchev–Trinajstić information content (AvgIpc) is 2.04. The molecule has 4 N–H and O–H groups in total. The van der Waals surface area contributed by atoms with E-state index in [2.05, 4.69) is 0 Å². The molecule has 1 unspecified atom stereocenters. The Bertz CT molecular complexity index is 185. The summed E-state index contributed by atoms with van der Waals surface area (Å²) in [5.41, 5.74) is 11.3. The second-order valence-corrected chi connectivity index (χ2v) is 4.43. The van der Waals surface area contributed by atoms with Crippen LogP contribution in [0.15, 0.2) is 0 Å². The molecule has 0 spiro atoms. The lowest BCUT2D eigenvalue weighted by molar-refractivity contribution is -0.122. The van der Waals surface area contributed by atoms with E-state index in [4.69, 9.17) is 11.5 Å². The Labute approximate surface area is 79.9 Å². The summed E-state index contributed by atoms with van der Waals surface area (Å²) in [6.07, 6.45) is 6.52. The first-order valence-electron chi connectivity index (χ1n) is 5.12. The van der Waals surface area contributed by atoms with Crippen LogP contribution < -0.4 is 11.5 Å². The standard InChI is InChI=1S/C10H20N2O/c1-8(9(11)13)7-10(12)5-3-2-4-6-10/h8H,2-7,12H2,1H3,(H2,11,13). The van der Waals surface area contributed by atoms with Crippen LogP contribution in [0.4, 0.5) is 0 Å². The van der Waals surface area contributed by atoms with E-state index in [9.17, 15) is 4.79 Å². The molecule has 3 nitrogen and oxygen atoms in total. The Morgan fingerprint density at radius 3 is 2.38 bits per heavy atom. The highest BCUT2D eigenvalue weighted by Gasteiger charge is 2.30. The zero-order chi connectivity index (χ0) is 9.90. The van der Waals surface area contributed by atoms with Crippen molar-refractivity contribution in [3.8, 4) is 0 Å². The molecule has 0 heterocycles. The zero-order valence-electron chi connectivity index (χ0n) is 8.38. The van der Waals surface area contributed by atoms with Gasteiger partial charge in [-0.25, -0.2) is 0 Å². The number of rotatable bonds is 3. The third kappa shape index (κ3) is 2.99. The summed E-state index contributed by atoms with van der Waals surface area (Å²) in [6.45, 7) is 1.87. The van der Waals surface area contributed by atoms with Crippen molar-refractivity contribution in [1.29, 1.82) is 0 Å². The lowest BCUT2D eigenvalue weighted by atomic mass is 9.77. The van der Waals surface area contributed by atoms with Crippen molar-refractivity contribution in [1.82, 2.24) is 0 Å². The Kier molecular flexibility index (Phi) is 3.31. The van der Waals surface area contributed by atoms with E-state index in [0.29, 0.717) is 0 Å². The highest BCUT2D eigenvalue weighted by Crippen LogP contribution is 2.30. The van der Waals surface area contributed by atoms with Gasteiger partial charge in [-0.15, -0.1) is 0 Å². The lowest BCUT2D eigenvalue weighted by Gasteiger charge is -2.34. The van der Waals surface area contributed by atoms with Crippen LogP contribution in [0, 0.1) is 5.92 Å². The molecule has 1 aliphatic rings. The van der Waals surface area contributed by atoms with E-state index in [0.717, 1.165) is 19.3 Å². The summed E-state index contributed by atoms with van der Waals surface area (Å²) >= 11 is 0. The molecule has 3 heteroatoms. The molecule has 1 saturated carbocycles. The van der Waals surface area contributed by atoms with E-state index in [-0.39, 0.29) is 17.4 Å². The normalized spacial score (nSPS) is 23.8. The Balaban J connectivity index is 2.45. The van der Waals surface area contributed by atoms with Gasteiger partial charge in [-0.2, -0.15) is 0 Å². The maximum Gasteiger partial charge on any atom is 0.220 e. The minimum atomic E-state index is -0.226. The molecule has 0 aliphatic heterocycles. The Morgan fingerprint density at radius 1 is 1.38 bits per heavy atom. The van der Waals surface area contributed by atoms with Crippen molar-refractivity contribution in [3.63, 3.8) is 0 Å². The third-order valence-electron chi connectivity index (χ3n) is 3.05. The second-order valence-electron chi connectivity index (χ2n) is 4.43. The molecule has 0 aromatic rings. The molecular weight excluding hydrogens is 164 g/mol. The van der Waals surface area contributed by atoms with Crippen molar-refractivity contribution in [2.45, 2.75) is 51.0 Å². The lowest BCUT2D eigenvalue weighted by Crippen LogP contribution is -2.44. The van der Waals surface area contributed by atoms with E-state index in [1.165, 1.54) is 19.3 Å². The summed E-state index contributed by atoms with van der Waals surface area (Å²) in [6, 6.07) is 0. The van der Waals surface area contributed by atoms with Crippen LogP contribution in [0.3, 0.4) is 0 Å². The van der Waals surface area contributed by atoms with Crippen LogP contribution in [0.25, 0.3) is 0 Å². The number of hydrogen-bond acceptors (Lipinski definition) is 2. The van der Waals surface area contributed by atoms with Crippen molar-refractivity contribution in [3.05, 3.63) is 0 Å². The first-order valence-corrected chi connectivity index (χ1v) is 5.12. The first-order chi connectivity index (χ1) is 6.03. The van der Waals surface area contributed by atoms with Gasteiger partial charge < -0.3 is 11.5 Å². The monoisotopic (exact) mass is 184 g/mol. The number of amides is 1. The average molecular weight is 184 g/mol. The van der Waals surface area contributed by atoms with Crippen LogP contribution in [0.1, 0.15) is 45.4 Å². The molecule has 76 valence electrons.